The summed E-state index contributed by atoms with van der Waals surface area (Å²) in [4.78, 5) is 0. The molecule has 0 aromatic carbocycles. The normalized spacial score (nSPS) is 0. The molecule has 0 nitrogen and oxygen atoms in total. The van der Waals surface area contributed by atoms with Crippen molar-refractivity contribution in [3.05, 3.63) is 0 Å². The largest absolute Gasteiger partial charge is 0 e. The molecule has 0 rings (SSSR count). The van der Waals surface area contributed by atoms with Crippen LogP contribution in [0, 0.1) is 0 Å². The van der Waals surface area contributed by atoms with Crippen LogP contribution in [0.5, 0.6) is 0 Å². The first-order chi connectivity index (χ1) is 0. The molecule has 0 aromatic heterocycles. The average molecular weight is 183 g/mol. The van der Waals surface area contributed by atoms with Crippen LogP contribution in [-0.2, 0) is 21.7 Å². The molecule has 0 aromatic rings. The monoisotopic (exact) mass is 183 g/mol. The van der Waals surface area contributed by atoms with Crippen LogP contribution in [0.15, 0.2) is 0 Å². The molecule has 0 aliphatic heterocycles. The third-order valence-corrected chi connectivity index (χ3v) is 0. The van der Waals surface area contributed by atoms with Crippen LogP contribution >= 0.6 is 0 Å². The molecule has 0 aliphatic rings. The summed E-state index contributed by atoms with van der Waals surface area (Å²) in [5.41, 5.74) is 0. The first kappa shape index (κ1) is 57.7. The van der Waals surface area contributed by atoms with Gasteiger partial charge >= 0.3 is 0 Å². The van der Waals surface area contributed by atoms with Crippen molar-refractivity contribution < 1.29 is 21.7 Å². The van der Waals surface area contributed by atoms with Gasteiger partial charge in [0.2, 0.25) is 0 Å². The van der Waals surface area contributed by atoms with Gasteiger partial charge in [0.15, 0.2) is 0 Å². The van der Waals surface area contributed by atoms with Gasteiger partial charge in [0, 0.05) is 109 Å². The molecule has 0 amide bonds. The van der Waals surface area contributed by atoms with E-state index in [1.165, 1.54) is 0 Å². The van der Waals surface area contributed by atoms with Crippen LogP contribution in [0.3, 0.4) is 0 Å². The fraction of sp³-hybridized carbons (Fsp3) is 0. The molecule has 6 heavy (non-hydrogen) atoms. The summed E-state index contributed by atoms with van der Waals surface area (Å²) in [6.07, 6.45) is 0. The van der Waals surface area contributed by atoms with Crippen LogP contribution in [-0.4, -0.2) is 86.8 Å². The Kier molecular flexibility index (Phi) is 384. The molecular formula is Al5Ti. The zero-order valence-corrected chi connectivity index (χ0v) is 10.7. The van der Waals surface area contributed by atoms with E-state index < -0.39 is 0 Å². The maximum atomic E-state index is 0. The molecule has 0 atom stereocenters. The van der Waals surface area contributed by atoms with Gasteiger partial charge in [-0.15, -0.1) is 0 Å². The fourth-order valence-electron chi connectivity index (χ4n) is 0. The van der Waals surface area contributed by atoms with Gasteiger partial charge < -0.3 is 0 Å². The fourth-order valence-corrected chi connectivity index (χ4v) is 0. The Morgan fingerprint density at radius 1 is 0.333 bits per heavy atom. The molecule has 19 valence electrons. The topological polar surface area (TPSA) is 0 Å². The average Bonchev–Trinajstić information content (AvgIpc) is 0. The van der Waals surface area contributed by atoms with Gasteiger partial charge in [-0.05, 0) is 0 Å². The third-order valence-electron chi connectivity index (χ3n) is 0. The molecule has 0 saturated carbocycles. The summed E-state index contributed by atoms with van der Waals surface area (Å²) >= 11 is 0. The molecule has 0 saturated heterocycles. The van der Waals surface area contributed by atoms with E-state index in [-0.39, 0.29) is 109 Å². The van der Waals surface area contributed by atoms with Gasteiger partial charge in [-0.25, -0.2) is 0 Å². The van der Waals surface area contributed by atoms with Crippen molar-refractivity contribution in [1.82, 2.24) is 0 Å². The predicted octanol–water partition coefficient (Wildman–Crippen LogP) is -1.91. The standard InChI is InChI=1S/5Al.Ti. The molecule has 0 aliphatic carbocycles. The van der Waals surface area contributed by atoms with Crippen molar-refractivity contribution in [2.24, 2.45) is 0 Å². The Hall–Kier alpha value is 3.38. The van der Waals surface area contributed by atoms with Crippen LogP contribution < -0.4 is 0 Å². The molecule has 0 fully saturated rings. The zero-order valence-electron chi connectivity index (χ0n) is 3.39. The third kappa shape index (κ3) is 26.3. The summed E-state index contributed by atoms with van der Waals surface area (Å²) in [5, 5.41) is 0. The minimum Gasteiger partial charge on any atom is 0 e. The van der Waals surface area contributed by atoms with Crippen molar-refractivity contribution in [2.75, 3.05) is 0 Å². The zero-order chi connectivity index (χ0) is 0. The summed E-state index contributed by atoms with van der Waals surface area (Å²) in [6, 6.07) is 0. The Balaban J connectivity index is 0. The second-order valence-corrected chi connectivity index (χ2v) is 0. The number of hydrogen-bond donors (Lipinski definition) is 0. The number of hydrogen-bond acceptors (Lipinski definition) is 0. The van der Waals surface area contributed by atoms with E-state index in [2.05, 4.69) is 0 Å². The van der Waals surface area contributed by atoms with Gasteiger partial charge in [0.05, 0.1) is 0 Å². The Morgan fingerprint density at radius 2 is 0.333 bits per heavy atom. The minimum absolute atomic E-state index is 0. The van der Waals surface area contributed by atoms with E-state index in [0.29, 0.717) is 0 Å². The second kappa shape index (κ2) is 40.0. The maximum Gasteiger partial charge on any atom is 0 e. The number of rotatable bonds is 0. The smallest absolute Gasteiger partial charge is 0 e. The Morgan fingerprint density at radius 3 is 0.333 bits per heavy atom. The Labute approximate surface area is 107 Å². The van der Waals surface area contributed by atoms with E-state index in [4.69, 9.17) is 0 Å². The molecule has 0 N–H and O–H groups in total. The molecule has 6 heteroatoms. The van der Waals surface area contributed by atoms with Crippen molar-refractivity contribution in [3.8, 4) is 0 Å². The maximum absolute atomic E-state index is 0. The SMILES string of the molecule is [Al].[Al].[Al].[Al].[Al].[Ti]. The van der Waals surface area contributed by atoms with Gasteiger partial charge in [0.25, 0.3) is 0 Å². The van der Waals surface area contributed by atoms with Crippen LogP contribution in [0.4, 0.5) is 0 Å². The minimum atomic E-state index is 0. The van der Waals surface area contributed by atoms with E-state index in [9.17, 15) is 0 Å². The van der Waals surface area contributed by atoms with E-state index in [1.807, 2.05) is 0 Å². The quantitative estimate of drug-likeness (QED) is 0.384. The summed E-state index contributed by atoms with van der Waals surface area (Å²) < 4.78 is 0. The molecule has 0 unspecified atom stereocenters. The molecule has 0 spiro atoms. The van der Waals surface area contributed by atoms with Crippen LogP contribution in [0.2, 0.25) is 0 Å². The second-order valence-electron chi connectivity index (χ2n) is 0. The van der Waals surface area contributed by atoms with Crippen molar-refractivity contribution in [1.29, 1.82) is 0 Å². The van der Waals surface area contributed by atoms with E-state index >= 15 is 0 Å². The molecular weight excluding hydrogens is 183 g/mol. The van der Waals surface area contributed by atoms with Crippen LogP contribution in [0.25, 0.3) is 0 Å². The van der Waals surface area contributed by atoms with E-state index in [0.717, 1.165) is 0 Å². The van der Waals surface area contributed by atoms with Gasteiger partial charge in [-0.3, -0.25) is 0 Å². The molecule has 0 heterocycles. The summed E-state index contributed by atoms with van der Waals surface area (Å²) in [6.45, 7) is 0. The molecule has 0 bridgehead atoms. The molecule has 15 radical (unpaired) electrons. The van der Waals surface area contributed by atoms with Crippen molar-refractivity contribution >= 4 is 86.8 Å². The van der Waals surface area contributed by atoms with Gasteiger partial charge in [-0.1, -0.05) is 0 Å². The summed E-state index contributed by atoms with van der Waals surface area (Å²) in [5.74, 6) is 0. The van der Waals surface area contributed by atoms with Crippen molar-refractivity contribution in [3.63, 3.8) is 0 Å². The first-order valence-corrected chi connectivity index (χ1v) is 0. The van der Waals surface area contributed by atoms with Gasteiger partial charge in [0.1, 0.15) is 0 Å². The predicted molar refractivity (Wildman–Crippen MR) is 28.8 cm³/mol. The van der Waals surface area contributed by atoms with Crippen LogP contribution in [0.1, 0.15) is 0 Å². The van der Waals surface area contributed by atoms with E-state index in [1.54, 1.807) is 0 Å². The van der Waals surface area contributed by atoms with Gasteiger partial charge in [-0.2, -0.15) is 0 Å². The Bertz CT molecular complexity index is 3.90. The van der Waals surface area contributed by atoms with Crippen molar-refractivity contribution in [2.45, 2.75) is 0 Å². The first-order valence-electron chi connectivity index (χ1n) is 0. The summed E-state index contributed by atoms with van der Waals surface area (Å²) in [7, 11) is 0.